The number of ether oxygens (including phenoxy) is 3. The fourth-order valence-electron chi connectivity index (χ4n) is 1.74. The molecule has 0 aliphatic heterocycles. The lowest BCUT2D eigenvalue weighted by atomic mass is 10.1. The molecule has 0 radical (unpaired) electrons. The Labute approximate surface area is 114 Å². The second-order valence-corrected chi connectivity index (χ2v) is 4.02. The third-order valence-electron chi connectivity index (χ3n) is 2.67. The lowest BCUT2D eigenvalue weighted by molar-refractivity contribution is 0.272. The zero-order chi connectivity index (χ0) is 14.1. The average Bonchev–Trinajstić information content (AvgIpc) is 2.44. The van der Waals surface area contributed by atoms with Crippen LogP contribution in [0.4, 0.5) is 0 Å². The molecule has 0 unspecified atom stereocenters. The lowest BCUT2D eigenvalue weighted by Gasteiger charge is -2.15. The van der Waals surface area contributed by atoms with E-state index < -0.39 is 0 Å². The Morgan fingerprint density at radius 2 is 1.84 bits per heavy atom. The molecule has 0 aromatic heterocycles. The largest absolute Gasteiger partial charge is 0.493 e. The smallest absolute Gasteiger partial charge is 0.203 e. The first-order valence-electron chi connectivity index (χ1n) is 6.28. The molecule has 0 aliphatic rings. The predicted molar refractivity (Wildman–Crippen MR) is 75.9 cm³/mol. The first-order chi connectivity index (χ1) is 9.26. The van der Waals surface area contributed by atoms with E-state index >= 15 is 0 Å². The molecule has 1 aromatic rings. The summed E-state index contributed by atoms with van der Waals surface area (Å²) in [6.45, 7) is 1.11. The normalized spacial score (nSPS) is 9.79. The molecule has 0 saturated heterocycles. The number of rotatable bonds is 8. The van der Waals surface area contributed by atoms with Crippen molar-refractivity contribution in [1.29, 1.82) is 0 Å². The van der Waals surface area contributed by atoms with Crippen molar-refractivity contribution in [1.82, 2.24) is 0 Å². The van der Waals surface area contributed by atoms with Gasteiger partial charge in [-0.2, -0.15) is 0 Å². The summed E-state index contributed by atoms with van der Waals surface area (Å²) in [6, 6.07) is 3.85. The van der Waals surface area contributed by atoms with Gasteiger partial charge in [-0.05, 0) is 37.1 Å². The third-order valence-corrected chi connectivity index (χ3v) is 2.67. The van der Waals surface area contributed by atoms with Crippen LogP contribution in [0.5, 0.6) is 17.2 Å². The summed E-state index contributed by atoms with van der Waals surface area (Å²) >= 11 is 0. The second kappa shape index (κ2) is 8.28. The molecule has 0 atom stereocenters. The summed E-state index contributed by atoms with van der Waals surface area (Å²) in [5, 5.41) is 0. The summed E-state index contributed by atoms with van der Waals surface area (Å²) < 4.78 is 16.4. The summed E-state index contributed by atoms with van der Waals surface area (Å²) in [5.41, 5.74) is 6.63. The van der Waals surface area contributed by atoms with Gasteiger partial charge in [0, 0.05) is 6.42 Å². The van der Waals surface area contributed by atoms with Crippen LogP contribution in [0.25, 0.3) is 0 Å². The lowest BCUT2D eigenvalue weighted by Crippen LogP contribution is -2.05. The number of benzene rings is 1. The van der Waals surface area contributed by atoms with Gasteiger partial charge in [0.25, 0.3) is 0 Å². The third kappa shape index (κ3) is 4.38. The van der Waals surface area contributed by atoms with Crippen LogP contribution in [0.15, 0.2) is 12.1 Å². The minimum absolute atomic E-state index is 0.535. The Kier molecular flexibility index (Phi) is 6.62. The van der Waals surface area contributed by atoms with Crippen LogP contribution in [0.2, 0.25) is 0 Å². The Hall–Kier alpha value is -1.86. The molecular formula is C15H21NO3. The van der Waals surface area contributed by atoms with Gasteiger partial charge >= 0.3 is 0 Å². The Bertz CT molecular complexity index is 413. The van der Waals surface area contributed by atoms with E-state index in [0.29, 0.717) is 36.8 Å². The quantitative estimate of drug-likeness (QED) is 0.575. The number of nitrogens with two attached hydrogens (primary N) is 1. The molecule has 104 valence electrons. The highest BCUT2D eigenvalue weighted by Crippen LogP contribution is 2.38. The topological polar surface area (TPSA) is 53.7 Å². The molecule has 0 spiro atoms. The first-order valence-corrected chi connectivity index (χ1v) is 6.28. The van der Waals surface area contributed by atoms with Crippen molar-refractivity contribution in [3.8, 4) is 29.6 Å². The fourth-order valence-corrected chi connectivity index (χ4v) is 1.74. The van der Waals surface area contributed by atoms with Crippen molar-refractivity contribution in [3.63, 3.8) is 0 Å². The zero-order valence-corrected chi connectivity index (χ0v) is 11.6. The molecule has 0 aliphatic carbocycles. The highest BCUT2D eigenvalue weighted by atomic mass is 16.5. The van der Waals surface area contributed by atoms with E-state index in [4.69, 9.17) is 26.4 Å². The van der Waals surface area contributed by atoms with Gasteiger partial charge < -0.3 is 19.9 Å². The average molecular weight is 263 g/mol. The SMILES string of the molecule is C#CCCCOc1c(OC)cc(CCN)cc1OC. The van der Waals surface area contributed by atoms with Crippen LogP contribution in [-0.2, 0) is 6.42 Å². The Morgan fingerprint density at radius 1 is 1.21 bits per heavy atom. The van der Waals surface area contributed by atoms with Gasteiger partial charge in [-0.3, -0.25) is 0 Å². The van der Waals surface area contributed by atoms with E-state index in [0.717, 1.165) is 18.4 Å². The van der Waals surface area contributed by atoms with Crippen LogP contribution in [0, 0.1) is 12.3 Å². The van der Waals surface area contributed by atoms with E-state index in [2.05, 4.69) is 5.92 Å². The highest BCUT2D eigenvalue weighted by molar-refractivity contribution is 5.54. The van der Waals surface area contributed by atoms with E-state index in [1.165, 1.54) is 0 Å². The van der Waals surface area contributed by atoms with E-state index in [1.807, 2.05) is 12.1 Å². The van der Waals surface area contributed by atoms with Crippen LogP contribution in [-0.4, -0.2) is 27.4 Å². The molecule has 0 saturated carbocycles. The molecule has 0 fully saturated rings. The van der Waals surface area contributed by atoms with E-state index in [1.54, 1.807) is 14.2 Å². The maximum Gasteiger partial charge on any atom is 0.203 e. The van der Waals surface area contributed by atoms with Gasteiger partial charge in [0.2, 0.25) is 5.75 Å². The minimum Gasteiger partial charge on any atom is -0.493 e. The van der Waals surface area contributed by atoms with Crippen molar-refractivity contribution in [2.24, 2.45) is 5.73 Å². The van der Waals surface area contributed by atoms with Gasteiger partial charge in [0.05, 0.1) is 20.8 Å². The van der Waals surface area contributed by atoms with Crippen LogP contribution in [0.1, 0.15) is 18.4 Å². The summed E-state index contributed by atoms with van der Waals surface area (Å²) in [5.74, 6) is 4.51. The van der Waals surface area contributed by atoms with Gasteiger partial charge in [0.1, 0.15) is 0 Å². The van der Waals surface area contributed by atoms with Crippen LogP contribution in [0.3, 0.4) is 0 Å². The van der Waals surface area contributed by atoms with Gasteiger partial charge in [0.15, 0.2) is 11.5 Å². The monoisotopic (exact) mass is 263 g/mol. The Morgan fingerprint density at radius 3 is 2.32 bits per heavy atom. The van der Waals surface area contributed by atoms with Gasteiger partial charge in [-0.25, -0.2) is 0 Å². The number of methoxy groups -OCH3 is 2. The van der Waals surface area contributed by atoms with Crippen LogP contribution >= 0.6 is 0 Å². The van der Waals surface area contributed by atoms with Crippen LogP contribution < -0.4 is 19.9 Å². The summed E-state index contributed by atoms with van der Waals surface area (Å²) in [7, 11) is 3.21. The van der Waals surface area contributed by atoms with Gasteiger partial charge in [-0.15, -0.1) is 12.3 Å². The van der Waals surface area contributed by atoms with E-state index in [-0.39, 0.29) is 0 Å². The number of hydrogen-bond acceptors (Lipinski definition) is 4. The Balaban J connectivity index is 2.90. The van der Waals surface area contributed by atoms with Crippen molar-refractivity contribution in [3.05, 3.63) is 17.7 Å². The molecule has 0 heterocycles. The molecule has 0 bridgehead atoms. The molecule has 1 rings (SSSR count). The van der Waals surface area contributed by atoms with Crippen molar-refractivity contribution in [2.75, 3.05) is 27.4 Å². The molecule has 4 heteroatoms. The summed E-state index contributed by atoms with van der Waals surface area (Å²) in [4.78, 5) is 0. The van der Waals surface area contributed by atoms with Crippen molar-refractivity contribution < 1.29 is 14.2 Å². The number of unbranched alkanes of at least 4 members (excludes halogenated alkanes) is 1. The predicted octanol–water partition coefficient (Wildman–Crippen LogP) is 2.00. The maximum atomic E-state index is 5.71. The minimum atomic E-state index is 0.535. The number of hydrogen-bond donors (Lipinski definition) is 1. The molecule has 0 amide bonds. The zero-order valence-electron chi connectivity index (χ0n) is 11.6. The molecular weight excluding hydrogens is 242 g/mol. The fraction of sp³-hybridized carbons (Fsp3) is 0.467. The molecule has 1 aromatic carbocycles. The molecule has 19 heavy (non-hydrogen) atoms. The second-order valence-electron chi connectivity index (χ2n) is 4.02. The highest BCUT2D eigenvalue weighted by Gasteiger charge is 2.13. The van der Waals surface area contributed by atoms with Crippen molar-refractivity contribution >= 4 is 0 Å². The molecule has 4 nitrogen and oxygen atoms in total. The maximum absolute atomic E-state index is 5.71. The van der Waals surface area contributed by atoms with Gasteiger partial charge in [-0.1, -0.05) is 0 Å². The number of terminal acetylenes is 1. The summed E-state index contributed by atoms with van der Waals surface area (Å²) in [6.07, 6.45) is 7.46. The van der Waals surface area contributed by atoms with E-state index in [9.17, 15) is 0 Å². The first kappa shape index (κ1) is 15.2. The van der Waals surface area contributed by atoms with Crippen molar-refractivity contribution in [2.45, 2.75) is 19.3 Å². The standard InChI is InChI=1S/C15H21NO3/c1-4-5-6-9-19-15-13(17-2)10-12(7-8-16)11-14(15)18-3/h1,10-11H,5-9,16H2,2-3H3. The molecule has 2 N–H and O–H groups in total.